The Hall–Kier alpha value is -1.85. The standard InChI is InChI=1S/C33H55NO9/c1-8-9-13-26-28(41-7)18-22(5)33(39,43-26)30(36)31(37)34-16-11-10-12-24(34)32(38)42-29(20(2)3)21(4)17-23-14-15-25(35)27(19-23)40-6/h17,20,22-29,35,39H,8-16,18-19H2,1-7H3/b21-17+. The van der Waals surface area contributed by atoms with Crippen molar-refractivity contribution in [1.82, 2.24) is 4.90 Å². The third-order valence-corrected chi connectivity index (χ3v) is 9.60. The first-order valence-electron chi connectivity index (χ1n) is 16.3. The van der Waals surface area contributed by atoms with Crippen LogP contribution in [-0.2, 0) is 33.3 Å². The predicted octanol–water partition coefficient (Wildman–Crippen LogP) is 3.95. The summed E-state index contributed by atoms with van der Waals surface area (Å²) in [5, 5.41) is 21.7. The molecule has 10 heteroatoms. The summed E-state index contributed by atoms with van der Waals surface area (Å²) in [5.74, 6) is -5.29. The largest absolute Gasteiger partial charge is 0.456 e. The van der Waals surface area contributed by atoms with Crippen LogP contribution in [-0.4, -0.2) is 95.9 Å². The van der Waals surface area contributed by atoms with E-state index in [-0.39, 0.29) is 30.6 Å². The number of Topliss-reactive ketones (excluding diaryl/α,β-unsaturated/α-hetero) is 1. The minimum atomic E-state index is -2.29. The summed E-state index contributed by atoms with van der Waals surface area (Å²) in [6.45, 7) is 9.84. The number of ether oxygens (including phenoxy) is 4. The van der Waals surface area contributed by atoms with Crippen LogP contribution in [0.3, 0.4) is 0 Å². The maximum atomic E-state index is 13.7. The van der Waals surface area contributed by atoms with Crippen molar-refractivity contribution in [1.29, 1.82) is 0 Å². The van der Waals surface area contributed by atoms with E-state index in [9.17, 15) is 24.6 Å². The molecule has 3 aliphatic rings. The Morgan fingerprint density at radius 3 is 2.40 bits per heavy atom. The first-order valence-corrected chi connectivity index (χ1v) is 16.3. The fourth-order valence-corrected chi connectivity index (χ4v) is 6.94. The summed E-state index contributed by atoms with van der Waals surface area (Å²) in [5.41, 5.74) is 0.911. The van der Waals surface area contributed by atoms with Crippen LogP contribution in [0.2, 0.25) is 0 Å². The molecular weight excluding hydrogens is 554 g/mol. The number of methoxy groups -OCH3 is 2. The number of allylic oxidation sites excluding steroid dienone is 1. The van der Waals surface area contributed by atoms with Gasteiger partial charge in [-0.3, -0.25) is 9.59 Å². The number of amides is 1. The van der Waals surface area contributed by atoms with Gasteiger partial charge in [0.15, 0.2) is 0 Å². The highest BCUT2D eigenvalue weighted by Crippen LogP contribution is 2.37. The molecule has 1 aliphatic carbocycles. The fourth-order valence-electron chi connectivity index (χ4n) is 6.94. The zero-order valence-corrected chi connectivity index (χ0v) is 27.3. The molecule has 3 rings (SSSR count). The minimum absolute atomic E-state index is 0.0204. The molecule has 9 unspecified atom stereocenters. The molecule has 2 heterocycles. The number of ketones is 1. The third-order valence-electron chi connectivity index (χ3n) is 9.60. The molecule has 0 radical (unpaired) electrons. The van der Waals surface area contributed by atoms with Gasteiger partial charge in [0.1, 0.15) is 12.1 Å². The first kappa shape index (κ1) is 35.6. The van der Waals surface area contributed by atoms with E-state index in [2.05, 4.69) is 6.08 Å². The van der Waals surface area contributed by atoms with Crippen LogP contribution in [0.1, 0.15) is 98.8 Å². The molecule has 3 fully saturated rings. The average molecular weight is 610 g/mol. The van der Waals surface area contributed by atoms with E-state index in [0.717, 1.165) is 24.8 Å². The van der Waals surface area contributed by atoms with Gasteiger partial charge in [-0.05, 0) is 75.7 Å². The first-order chi connectivity index (χ1) is 20.4. The Morgan fingerprint density at radius 1 is 1.07 bits per heavy atom. The molecule has 0 bridgehead atoms. The van der Waals surface area contributed by atoms with E-state index >= 15 is 0 Å². The molecule has 1 saturated carbocycles. The smallest absolute Gasteiger partial charge is 0.329 e. The van der Waals surface area contributed by atoms with Gasteiger partial charge < -0.3 is 34.1 Å². The van der Waals surface area contributed by atoms with Crippen molar-refractivity contribution in [2.75, 3.05) is 20.8 Å². The summed E-state index contributed by atoms with van der Waals surface area (Å²) in [7, 11) is 3.19. The molecule has 9 atom stereocenters. The molecule has 10 nitrogen and oxygen atoms in total. The van der Waals surface area contributed by atoms with Crippen LogP contribution in [0.25, 0.3) is 0 Å². The fraction of sp³-hybridized carbons (Fsp3) is 0.848. The second kappa shape index (κ2) is 15.9. The highest BCUT2D eigenvalue weighted by Gasteiger charge is 2.55. The third kappa shape index (κ3) is 8.45. The Labute approximate surface area is 257 Å². The molecule has 0 aromatic rings. The normalized spacial score (nSPS) is 34.6. The SMILES string of the molecule is CCCCC1OC(O)(C(=O)C(=O)N2CCCCC2C(=O)OC(/C(C)=C/C2CCC(O)C(OC)C2)C(C)C)C(C)CC1OC. The molecule has 1 amide bonds. The number of likely N-dealkylation sites (tertiary alicyclic amines) is 1. The number of esters is 1. The molecule has 2 saturated heterocycles. The van der Waals surface area contributed by atoms with Gasteiger partial charge in [0.2, 0.25) is 5.79 Å². The molecule has 246 valence electrons. The lowest BCUT2D eigenvalue weighted by atomic mass is 9.83. The number of unbranched alkanes of at least 4 members (excludes halogenated alkanes) is 1. The number of rotatable bonds is 12. The zero-order chi connectivity index (χ0) is 31.9. The lowest BCUT2D eigenvalue weighted by Gasteiger charge is -2.45. The Morgan fingerprint density at radius 2 is 1.77 bits per heavy atom. The number of carbonyl (C=O) groups excluding carboxylic acids is 3. The van der Waals surface area contributed by atoms with Gasteiger partial charge in [0, 0.05) is 26.7 Å². The maximum absolute atomic E-state index is 13.7. The maximum Gasteiger partial charge on any atom is 0.329 e. The van der Waals surface area contributed by atoms with Crippen LogP contribution in [0.4, 0.5) is 0 Å². The number of aliphatic hydroxyl groups is 2. The van der Waals surface area contributed by atoms with Crippen LogP contribution in [0.5, 0.6) is 0 Å². The van der Waals surface area contributed by atoms with E-state index in [1.54, 1.807) is 21.1 Å². The average Bonchev–Trinajstić information content (AvgIpc) is 2.99. The van der Waals surface area contributed by atoms with Crippen molar-refractivity contribution < 1.29 is 43.5 Å². The Balaban J connectivity index is 1.75. The van der Waals surface area contributed by atoms with Crippen LogP contribution < -0.4 is 0 Å². The van der Waals surface area contributed by atoms with Crippen molar-refractivity contribution in [2.24, 2.45) is 17.8 Å². The van der Waals surface area contributed by atoms with E-state index in [4.69, 9.17) is 18.9 Å². The predicted molar refractivity (Wildman–Crippen MR) is 161 cm³/mol. The van der Waals surface area contributed by atoms with Crippen molar-refractivity contribution in [3.63, 3.8) is 0 Å². The molecule has 0 aromatic carbocycles. The molecule has 0 aromatic heterocycles. The van der Waals surface area contributed by atoms with E-state index in [0.29, 0.717) is 44.9 Å². The van der Waals surface area contributed by atoms with E-state index < -0.39 is 53.7 Å². The Kier molecular flexibility index (Phi) is 13.2. The topological polar surface area (TPSA) is 132 Å². The molecule has 2 N–H and O–H groups in total. The number of hydrogen-bond acceptors (Lipinski definition) is 9. The molecule has 43 heavy (non-hydrogen) atoms. The minimum Gasteiger partial charge on any atom is -0.456 e. The van der Waals surface area contributed by atoms with Crippen molar-refractivity contribution >= 4 is 17.7 Å². The van der Waals surface area contributed by atoms with E-state index in [1.165, 1.54) is 4.90 Å². The summed E-state index contributed by atoms with van der Waals surface area (Å²) < 4.78 is 23.1. The summed E-state index contributed by atoms with van der Waals surface area (Å²) >= 11 is 0. The van der Waals surface area contributed by atoms with Crippen LogP contribution in [0, 0.1) is 17.8 Å². The van der Waals surface area contributed by atoms with E-state index in [1.807, 2.05) is 27.7 Å². The van der Waals surface area contributed by atoms with Crippen molar-refractivity contribution in [3.8, 4) is 0 Å². The lowest BCUT2D eigenvalue weighted by Crippen LogP contribution is -2.62. The Bertz CT molecular complexity index is 983. The van der Waals surface area contributed by atoms with Gasteiger partial charge in [0.05, 0.1) is 24.4 Å². The zero-order valence-electron chi connectivity index (χ0n) is 27.3. The van der Waals surface area contributed by atoms with Crippen molar-refractivity contribution in [3.05, 3.63) is 11.6 Å². The highest BCUT2D eigenvalue weighted by molar-refractivity contribution is 6.39. The van der Waals surface area contributed by atoms with Gasteiger partial charge in [0.25, 0.3) is 11.7 Å². The molecule has 0 spiro atoms. The second-order valence-corrected chi connectivity index (χ2v) is 13.2. The quantitative estimate of drug-likeness (QED) is 0.192. The number of carbonyl (C=O) groups is 3. The van der Waals surface area contributed by atoms with Crippen molar-refractivity contribution in [2.45, 2.75) is 141 Å². The second-order valence-electron chi connectivity index (χ2n) is 13.2. The lowest BCUT2D eigenvalue weighted by molar-refractivity contribution is -0.286. The number of hydrogen-bond donors (Lipinski definition) is 2. The molecule has 2 aliphatic heterocycles. The highest BCUT2D eigenvalue weighted by atomic mass is 16.7. The van der Waals surface area contributed by atoms with Crippen LogP contribution >= 0.6 is 0 Å². The van der Waals surface area contributed by atoms with Gasteiger partial charge in [-0.15, -0.1) is 0 Å². The summed E-state index contributed by atoms with van der Waals surface area (Å²) in [6.07, 6.45) is 6.70. The molecular formula is C33H55NO9. The number of nitrogens with zero attached hydrogens (tertiary/aromatic N) is 1. The number of piperidine rings is 1. The van der Waals surface area contributed by atoms with Gasteiger partial charge in [-0.2, -0.15) is 0 Å². The summed E-state index contributed by atoms with van der Waals surface area (Å²) in [6, 6.07) is -0.924. The summed E-state index contributed by atoms with van der Waals surface area (Å²) in [4.78, 5) is 42.3. The van der Waals surface area contributed by atoms with Crippen LogP contribution in [0.15, 0.2) is 11.6 Å². The monoisotopic (exact) mass is 609 g/mol. The number of aliphatic hydroxyl groups excluding tert-OH is 1. The van der Waals surface area contributed by atoms with Gasteiger partial charge in [-0.1, -0.05) is 46.6 Å². The van der Waals surface area contributed by atoms with Gasteiger partial charge in [-0.25, -0.2) is 4.79 Å². The van der Waals surface area contributed by atoms with Gasteiger partial charge >= 0.3 is 5.97 Å².